The molecule has 0 aliphatic rings. The number of nitro benzene ring substituents is 1. The van der Waals surface area contributed by atoms with E-state index in [1.54, 1.807) is 0 Å². The monoisotopic (exact) mass is 300 g/mol. The Balaban J connectivity index is 2.92. The largest absolute Gasteiger partial charge is 0.422 e. The van der Waals surface area contributed by atoms with Crippen LogP contribution in [0, 0.1) is 22.0 Å². The Kier molecular flexibility index (Phi) is 5.30. The molecule has 1 amide bonds. The van der Waals surface area contributed by atoms with Gasteiger partial charge in [-0.3, -0.25) is 14.9 Å². The van der Waals surface area contributed by atoms with Crippen LogP contribution in [0.5, 0.6) is 0 Å². The Hall–Kier alpha value is -2.56. The minimum absolute atomic E-state index is 0.109. The fraction of sp³-hybridized carbons (Fsp3) is 0.308. The third kappa shape index (κ3) is 5.14. The van der Waals surface area contributed by atoms with Gasteiger partial charge in [0.2, 0.25) is 5.91 Å². The van der Waals surface area contributed by atoms with Crippen molar-refractivity contribution in [2.24, 2.45) is 0 Å². The summed E-state index contributed by atoms with van der Waals surface area (Å²) in [6, 6.07) is 2.49. The van der Waals surface area contributed by atoms with Crippen molar-refractivity contribution in [3.8, 4) is 11.8 Å². The first-order chi connectivity index (χ1) is 9.71. The van der Waals surface area contributed by atoms with Gasteiger partial charge >= 0.3 is 6.18 Å². The van der Waals surface area contributed by atoms with Gasteiger partial charge in [0.1, 0.15) is 5.56 Å². The van der Waals surface area contributed by atoms with Gasteiger partial charge in [-0.1, -0.05) is 11.8 Å². The molecule has 0 saturated carbocycles. The van der Waals surface area contributed by atoms with Crippen LogP contribution in [-0.4, -0.2) is 17.4 Å². The van der Waals surface area contributed by atoms with Crippen molar-refractivity contribution in [2.75, 3.05) is 6.54 Å². The predicted molar refractivity (Wildman–Crippen MR) is 68.3 cm³/mol. The SMILES string of the molecule is CC(=O)NCCC#Cc1ccc(C(F)(F)F)c([N+](=O)[O-])c1. The number of carbonyl (C=O) groups excluding carboxylic acids is 1. The second kappa shape index (κ2) is 6.74. The highest BCUT2D eigenvalue weighted by molar-refractivity contribution is 5.72. The molecule has 0 aromatic heterocycles. The summed E-state index contributed by atoms with van der Waals surface area (Å²) in [7, 11) is 0. The van der Waals surface area contributed by atoms with Gasteiger partial charge in [-0.15, -0.1) is 0 Å². The van der Waals surface area contributed by atoms with E-state index in [0.29, 0.717) is 12.6 Å². The summed E-state index contributed by atoms with van der Waals surface area (Å²) in [5, 5.41) is 13.2. The van der Waals surface area contributed by atoms with Crippen LogP contribution >= 0.6 is 0 Å². The van der Waals surface area contributed by atoms with Gasteiger partial charge in [0.15, 0.2) is 0 Å². The minimum Gasteiger partial charge on any atom is -0.355 e. The van der Waals surface area contributed by atoms with Gasteiger partial charge < -0.3 is 5.32 Å². The Bertz CT molecular complexity index is 615. The first-order valence-corrected chi connectivity index (χ1v) is 5.80. The molecule has 0 atom stereocenters. The standard InChI is InChI=1S/C13H11F3N2O3/c1-9(19)17-7-3-2-4-10-5-6-11(13(14,15)16)12(8-10)18(20)21/h5-6,8H,3,7H2,1H3,(H,17,19). The fourth-order valence-corrected chi connectivity index (χ4v) is 1.47. The lowest BCUT2D eigenvalue weighted by atomic mass is 10.1. The molecule has 8 heteroatoms. The maximum absolute atomic E-state index is 12.6. The molecule has 1 rings (SSSR count). The molecule has 0 spiro atoms. The normalized spacial score (nSPS) is 10.5. The van der Waals surface area contributed by atoms with Crippen molar-refractivity contribution in [3.63, 3.8) is 0 Å². The van der Waals surface area contributed by atoms with Crippen molar-refractivity contribution in [3.05, 3.63) is 39.4 Å². The molecule has 1 N–H and O–H groups in total. The van der Waals surface area contributed by atoms with Gasteiger partial charge in [-0.05, 0) is 12.1 Å². The summed E-state index contributed by atoms with van der Waals surface area (Å²) in [5.41, 5.74) is -2.23. The van der Waals surface area contributed by atoms with E-state index in [0.717, 1.165) is 12.1 Å². The quantitative estimate of drug-likeness (QED) is 0.403. The molecule has 0 heterocycles. The summed E-state index contributed by atoms with van der Waals surface area (Å²) in [5.74, 6) is 4.91. The second-order valence-corrected chi connectivity index (χ2v) is 4.02. The van der Waals surface area contributed by atoms with Crippen LogP contribution in [0.2, 0.25) is 0 Å². The van der Waals surface area contributed by atoms with Crippen molar-refractivity contribution < 1.29 is 22.9 Å². The summed E-state index contributed by atoms with van der Waals surface area (Å²) >= 11 is 0. The van der Waals surface area contributed by atoms with E-state index < -0.39 is 22.4 Å². The van der Waals surface area contributed by atoms with Crippen molar-refractivity contribution in [1.82, 2.24) is 5.32 Å². The number of amides is 1. The number of benzene rings is 1. The van der Waals surface area contributed by atoms with Gasteiger partial charge in [0.05, 0.1) is 4.92 Å². The van der Waals surface area contributed by atoms with Crippen LogP contribution in [0.25, 0.3) is 0 Å². The zero-order chi connectivity index (χ0) is 16.0. The first kappa shape index (κ1) is 16.5. The molecule has 112 valence electrons. The van der Waals surface area contributed by atoms with Crippen LogP contribution in [0.1, 0.15) is 24.5 Å². The number of nitrogens with zero attached hydrogens (tertiary/aromatic N) is 1. The number of hydrogen-bond donors (Lipinski definition) is 1. The van der Waals surface area contributed by atoms with Crippen LogP contribution in [-0.2, 0) is 11.0 Å². The van der Waals surface area contributed by atoms with Gasteiger partial charge in [-0.25, -0.2) is 0 Å². The smallest absolute Gasteiger partial charge is 0.355 e. The minimum atomic E-state index is -4.79. The Labute approximate surface area is 118 Å². The topological polar surface area (TPSA) is 72.2 Å². The van der Waals surface area contributed by atoms with Crippen molar-refractivity contribution >= 4 is 11.6 Å². The average molecular weight is 300 g/mol. The zero-order valence-corrected chi connectivity index (χ0v) is 11.0. The number of nitro groups is 1. The molecule has 21 heavy (non-hydrogen) atoms. The predicted octanol–water partition coefficient (Wildman–Crippen LogP) is 2.49. The van der Waals surface area contributed by atoms with E-state index in [4.69, 9.17) is 0 Å². The Morgan fingerprint density at radius 1 is 1.43 bits per heavy atom. The molecular formula is C13H11F3N2O3. The lowest BCUT2D eigenvalue weighted by molar-refractivity contribution is -0.388. The Morgan fingerprint density at radius 3 is 2.62 bits per heavy atom. The molecule has 0 fully saturated rings. The third-order valence-electron chi connectivity index (χ3n) is 2.36. The van der Waals surface area contributed by atoms with E-state index >= 15 is 0 Å². The fourth-order valence-electron chi connectivity index (χ4n) is 1.47. The van der Waals surface area contributed by atoms with E-state index in [1.807, 2.05) is 0 Å². The highest BCUT2D eigenvalue weighted by Crippen LogP contribution is 2.36. The number of halogens is 3. The maximum Gasteiger partial charge on any atom is 0.422 e. The summed E-state index contributed by atoms with van der Waals surface area (Å²) < 4.78 is 37.8. The zero-order valence-electron chi connectivity index (χ0n) is 11.0. The number of nitrogens with one attached hydrogen (secondary N) is 1. The summed E-state index contributed by atoms with van der Waals surface area (Å²) in [6.45, 7) is 1.64. The molecular weight excluding hydrogens is 289 g/mol. The third-order valence-corrected chi connectivity index (χ3v) is 2.36. The molecule has 0 aliphatic heterocycles. The van der Waals surface area contributed by atoms with Crippen LogP contribution in [0.4, 0.5) is 18.9 Å². The number of carbonyl (C=O) groups is 1. The highest BCUT2D eigenvalue weighted by Gasteiger charge is 2.38. The van der Waals surface area contributed by atoms with E-state index in [2.05, 4.69) is 17.2 Å². The van der Waals surface area contributed by atoms with Crippen molar-refractivity contribution in [1.29, 1.82) is 0 Å². The molecule has 1 aromatic rings. The second-order valence-electron chi connectivity index (χ2n) is 4.02. The number of rotatable bonds is 3. The van der Waals surface area contributed by atoms with Crippen LogP contribution < -0.4 is 5.32 Å². The van der Waals surface area contributed by atoms with E-state index in [-0.39, 0.29) is 17.9 Å². The summed E-state index contributed by atoms with van der Waals surface area (Å²) in [6.07, 6.45) is -4.51. The lowest BCUT2D eigenvalue weighted by Crippen LogP contribution is -2.20. The molecule has 0 unspecified atom stereocenters. The number of alkyl halides is 3. The van der Waals surface area contributed by atoms with Crippen LogP contribution in [0.3, 0.4) is 0 Å². The van der Waals surface area contributed by atoms with Gasteiger partial charge in [-0.2, -0.15) is 13.2 Å². The summed E-state index contributed by atoms with van der Waals surface area (Å²) in [4.78, 5) is 20.2. The molecule has 0 radical (unpaired) electrons. The Morgan fingerprint density at radius 2 is 2.10 bits per heavy atom. The number of hydrogen-bond acceptors (Lipinski definition) is 3. The maximum atomic E-state index is 12.6. The van der Waals surface area contributed by atoms with Gasteiger partial charge in [0.25, 0.3) is 5.69 Å². The average Bonchev–Trinajstić information content (AvgIpc) is 2.36. The van der Waals surface area contributed by atoms with E-state index in [9.17, 15) is 28.1 Å². The van der Waals surface area contributed by atoms with Crippen molar-refractivity contribution in [2.45, 2.75) is 19.5 Å². The molecule has 0 aliphatic carbocycles. The van der Waals surface area contributed by atoms with Gasteiger partial charge in [0, 0.05) is 31.5 Å². The lowest BCUT2D eigenvalue weighted by Gasteiger charge is -2.07. The van der Waals surface area contributed by atoms with Crippen LogP contribution in [0.15, 0.2) is 18.2 Å². The molecule has 5 nitrogen and oxygen atoms in total. The highest BCUT2D eigenvalue weighted by atomic mass is 19.4. The first-order valence-electron chi connectivity index (χ1n) is 5.80. The van der Waals surface area contributed by atoms with E-state index in [1.165, 1.54) is 6.92 Å². The molecule has 0 saturated heterocycles. The molecule has 1 aromatic carbocycles. The molecule has 0 bridgehead atoms.